The molecule has 0 aromatic heterocycles. The van der Waals surface area contributed by atoms with Crippen molar-refractivity contribution >= 4 is 39.5 Å². The average molecular weight is 1350 g/mol. The zero-order valence-electron chi connectivity index (χ0n) is 59.9. The van der Waals surface area contributed by atoms with E-state index in [1.807, 2.05) is 0 Å². The minimum atomic E-state index is -4.95. The molecule has 3 N–H and O–H groups in total. The van der Waals surface area contributed by atoms with Gasteiger partial charge < -0.3 is 33.8 Å². The fraction of sp³-hybridized carbons (Fsp3) is 0.945. The number of phosphoric ester groups is 2. The normalized spacial score (nSPS) is 14.4. The number of phosphoric acid groups is 2. The molecule has 0 aliphatic carbocycles. The van der Waals surface area contributed by atoms with Crippen LogP contribution in [-0.4, -0.2) is 96.7 Å². The van der Waals surface area contributed by atoms with E-state index < -0.39 is 97.5 Å². The summed E-state index contributed by atoms with van der Waals surface area (Å²) in [7, 11) is -9.90. The number of aliphatic hydroxyl groups excluding tert-OH is 1. The van der Waals surface area contributed by atoms with Crippen LogP contribution in [0.15, 0.2) is 0 Å². The molecule has 546 valence electrons. The summed E-state index contributed by atoms with van der Waals surface area (Å²) >= 11 is 0. The van der Waals surface area contributed by atoms with Crippen LogP contribution in [0, 0.1) is 11.8 Å². The summed E-state index contributed by atoms with van der Waals surface area (Å²) in [6.45, 7) is 9.57. The molecule has 0 fully saturated rings. The molecule has 19 heteroatoms. The summed E-state index contributed by atoms with van der Waals surface area (Å²) in [6.07, 6.45) is 51.5. The lowest BCUT2D eigenvalue weighted by atomic mass is 9.99. The molecule has 0 aliphatic rings. The van der Waals surface area contributed by atoms with Crippen molar-refractivity contribution in [1.29, 1.82) is 0 Å². The summed E-state index contributed by atoms with van der Waals surface area (Å²) < 4.78 is 68.3. The molecule has 0 rings (SSSR count). The van der Waals surface area contributed by atoms with Gasteiger partial charge in [0.2, 0.25) is 0 Å². The number of carbonyl (C=O) groups is 4. The highest BCUT2D eigenvalue weighted by Gasteiger charge is 2.30. The number of carbonyl (C=O) groups excluding carboxylic acids is 4. The topological polar surface area (TPSA) is 237 Å². The number of hydrogen-bond donors (Lipinski definition) is 3. The first-order valence-corrected chi connectivity index (χ1v) is 41.0. The van der Waals surface area contributed by atoms with E-state index in [4.69, 9.17) is 37.0 Å². The molecule has 17 nitrogen and oxygen atoms in total. The Bertz CT molecular complexity index is 1790. The number of rotatable bonds is 72. The van der Waals surface area contributed by atoms with E-state index in [-0.39, 0.29) is 25.7 Å². The van der Waals surface area contributed by atoms with Crippen LogP contribution < -0.4 is 0 Å². The highest BCUT2D eigenvalue weighted by Crippen LogP contribution is 2.45. The van der Waals surface area contributed by atoms with Gasteiger partial charge in [0, 0.05) is 25.7 Å². The van der Waals surface area contributed by atoms with E-state index in [1.165, 1.54) is 180 Å². The van der Waals surface area contributed by atoms with E-state index in [0.29, 0.717) is 25.7 Å². The lowest BCUT2D eigenvalue weighted by Gasteiger charge is -2.21. The molecule has 0 radical (unpaired) electrons. The van der Waals surface area contributed by atoms with Gasteiger partial charge in [-0.2, -0.15) is 0 Å². The van der Waals surface area contributed by atoms with E-state index in [1.54, 1.807) is 0 Å². The molecule has 3 unspecified atom stereocenters. The molecule has 0 aromatic rings. The molecule has 0 aliphatic heterocycles. The molecule has 0 saturated carbocycles. The van der Waals surface area contributed by atoms with Gasteiger partial charge in [-0.05, 0) is 37.5 Å². The maximum atomic E-state index is 13.0. The van der Waals surface area contributed by atoms with Crippen molar-refractivity contribution in [3.8, 4) is 0 Å². The van der Waals surface area contributed by atoms with Gasteiger partial charge in [0.05, 0.1) is 26.4 Å². The SMILES string of the molecule is CCCCCCCCCCCCCCC(=O)O[C@H](COC(=O)CCCCCCCCC)COP(=O)(O)OC[C@H](O)COP(=O)(O)OC[C@@H](COC(=O)CCCCCCCCCCC(C)CC)OC(=O)CCCCCCCCCCCCCCCCCCCCC(C)C. The zero-order chi connectivity index (χ0) is 67.9. The van der Waals surface area contributed by atoms with Crippen LogP contribution in [0.1, 0.15) is 375 Å². The van der Waals surface area contributed by atoms with Crippen LogP contribution in [0.25, 0.3) is 0 Å². The second-order valence-corrected chi connectivity index (χ2v) is 30.0. The van der Waals surface area contributed by atoms with Gasteiger partial charge >= 0.3 is 39.5 Å². The van der Waals surface area contributed by atoms with E-state index in [2.05, 4.69) is 41.5 Å². The van der Waals surface area contributed by atoms with Crippen molar-refractivity contribution in [1.82, 2.24) is 0 Å². The predicted octanol–water partition coefficient (Wildman–Crippen LogP) is 21.2. The predicted molar refractivity (Wildman–Crippen MR) is 372 cm³/mol. The van der Waals surface area contributed by atoms with Gasteiger partial charge in [-0.15, -0.1) is 0 Å². The highest BCUT2D eigenvalue weighted by molar-refractivity contribution is 7.47. The Morgan fingerprint density at radius 2 is 0.554 bits per heavy atom. The van der Waals surface area contributed by atoms with E-state index >= 15 is 0 Å². The highest BCUT2D eigenvalue weighted by atomic mass is 31.2. The summed E-state index contributed by atoms with van der Waals surface area (Å²) in [5, 5.41) is 10.6. The molecule has 0 spiro atoms. The molecule has 0 heterocycles. The van der Waals surface area contributed by atoms with Crippen LogP contribution in [0.2, 0.25) is 0 Å². The Balaban J connectivity index is 5.15. The summed E-state index contributed by atoms with van der Waals surface area (Å²) in [5.74, 6) is -0.527. The standard InChI is InChI=1S/C73H142O17P2/c1-7-10-12-14-16-17-18-28-31-39-45-51-57-72(77)89-68(61-83-70(75)55-49-43-35-15-13-11-8-2)63-87-91(79,80)85-59-67(74)60-86-92(81,82)88-64-69(62-84-71(76)56-50-44-38-34-33-37-42-48-54-66(6)9-3)90-73(78)58-52-46-40-32-29-26-24-22-20-19-21-23-25-27-30-36-41-47-53-65(4)5/h65-69,74H,7-64H2,1-6H3,(H,79,80)(H,81,82)/t66?,67-,68+,69+/m0/s1. The number of unbranched alkanes of at least 4 members (excludes halogenated alkanes) is 41. The maximum Gasteiger partial charge on any atom is 0.472 e. The van der Waals surface area contributed by atoms with Crippen LogP contribution >= 0.6 is 15.6 Å². The van der Waals surface area contributed by atoms with Gasteiger partial charge in [-0.25, -0.2) is 9.13 Å². The largest absolute Gasteiger partial charge is 0.472 e. The van der Waals surface area contributed by atoms with Gasteiger partial charge in [0.1, 0.15) is 19.3 Å². The second kappa shape index (κ2) is 65.0. The minimum absolute atomic E-state index is 0.107. The fourth-order valence-corrected chi connectivity index (χ4v) is 12.7. The number of ether oxygens (including phenoxy) is 4. The summed E-state index contributed by atoms with van der Waals surface area (Å²) in [4.78, 5) is 72.5. The minimum Gasteiger partial charge on any atom is -0.462 e. The van der Waals surface area contributed by atoms with Crippen LogP contribution in [0.5, 0.6) is 0 Å². The third-order valence-electron chi connectivity index (χ3n) is 17.3. The third kappa shape index (κ3) is 65.4. The van der Waals surface area contributed by atoms with E-state index in [0.717, 1.165) is 115 Å². The number of hydrogen-bond acceptors (Lipinski definition) is 15. The Kier molecular flexibility index (Phi) is 63.7. The number of aliphatic hydroxyl groups is 1. The van der Waals surface area contributed by atoms with Gasteiger partial charge in [0.15, 0.2) is 12.2 Å². The smallest absolute Gasteiger partial charge is 0.462 e. The second-order valence-electron chi connectivity index (χ2n) is 27.1. The Morgan fingerprint density at radius 1 is 0.315 bits per heavy atom. The van der Waals surface area contributed by atoms with Crippen molar-refractivity contribution in [3.05, 3.63) is 0 Å². The van der Waals surface area contributed by atoms with Gasteiger partial charge in [-0.3, -0.25) is 37.3 Å². The summed E-state index contributed by atoms with van der Waals surface area (Å²) in [5.41, 5.74) is 0. The Morgan fingerprint density at radius 3 is 0.826 bits per heavy atom. The lowest BCUT2D eigenvalue weighted by Crippen LogP contribution is -2.30. The van der Waals surface area contributed by atoms with Crippen LogP contribution in [-0.2, 0) is 65.4 Å². The van der Waals surface area contributed by atoms with Gasteiger partial charge in [-0.1, -0.05) is 324 Å². The van der Waals surface area contributed by atoms with Crippen molar-refractivity contribution < 1.29 is 80.2 Å². The Hall–Kier alpha value is -1.94. The zero-order valence-corrected chi connectivity index (χ0v) is 61.6. The first kappa shape index (κ1) is 90.1. The molecule has 0 saturated heterocycles. The first-order chi connectivity index (χ1) is 44.4. The van der Waals surface area contributed by atoms with Crippen molar-refractivity contribution in [2.75, 3.05) is 39.6 Å². The number of esters is 4. The first-order valence-electron chi connectivity index (χ1n) is 38.0. The van der Waals surface area contributed by atoms with Crippen LogP contribution in [0.3, 0.4) is 0 Å². The summed E-state index contributed by atoms with van der Waals surface area (Å²) in [6, 6.07) is 0. The van der Waals surface area contributed by atoms with Crippen molar-refractivity contribution in [3.63, 3.8) is 0 Å². The molecular weight excluding hydrogens is 1210 g/mol. The lowest BCUT2D eigenvalue weighted by molar-refractivity contribution is -0.161. The molecule has 0 bridgehead atoms. The molecule has 92 heavy (non-hydrogen) atoms. The monoisotopic (exact) mass is 1350 g/mol. The van der Waals surface area contributed by atoms with Gasteiger partial charge in [0.25, 0.3) is 0 Å². The fourth-order valence-electron chi connectivity index (χ4n) is 11.1. The quantitative estimate of drug-likeness (QED) is 0.0222. The van der Waals surface area contributed by atoms with Crippen molar-refractivity contribution in [2.45, 2.75) is 394 Å². The molecular formula is C73H142O17P2. The molecule has 0 amide bonds. The third-order valence-corrected chi connectivity index (χ3v) is 19.2. The average Bonchev–Trinajstić information content (AvgIpc) is 3.69. The van der Waals surface area contributed by atoms with Crippen molar-refractivity contribution in [2.24, 2.45) is 11.8 Å². The Labute approximate surface area is 562 Å². The maximum absolute atomic E-state index is 13.0. The molecule has 6 atom stereocenters. The van der Waals surface area contributed by atoms with Crippen LogP contribution in [0.4, 0.5) is 0 Å². The molecule has 0 aromatic carbocycles. The van der Waals surface area contributed by atoms with E-state index in [9.17, 15) is 43.2 Å².